The van der Waals surface area contributed by atoms with Crippen LogP contribution in [0.4, 0.5) is 0 Å². The lowest BCUT2D eigenvalue weighted by atomic mass is 10.0. The Morgan fingerprint density at radius 2 is 1.18 bits per heavy atom. The van der Waals surface area contributed by atoms with Crippen LogP contribution in [0.3, 0.4) is 0 Å². The maximum atomic E-state index is 12.1. The molecule has 44 heavy (non-hydrogen) atoms. The SMILES string of the molecule is CCCCCCCCCCCCCCC(=O)OC[C@H](CO)OC(=O)CCC/C=C\C/C=C\C/C=C\C=C\[C@@H](O)CCCCC. The molecule has 254 valence electrons. The van der Waals surface area contributed by atoms with Crippen LogP contribution >= 0.6 is 0 Å². The van der Waals surface area contributed by atoms with Crippen molar-refractivity contribution in [1.82, 2.24) is 0 Å². The van der Waals surface area contributed by atoms with Gasteiger partial charge >= 0.3 is 11.9 Å². The zero-order chi connectivity index (χ0) is 32.4. The highest BCUT2D eigenvalue weighted by molar-refractivity contribution is 5.70. The second-order valence-corrected chi connectivity index (χ2v) is 11.8. The fraction of sp³-hybridized carbons (Fsp3) is 0.737. The van der Waals surface area contributed by atoms with Gasteiger partial charge in [0.2, 0.25) is 0 Å². The Kier molecular flexibility index (Phi) is 32.0. The van der Waals surface area contributed by atoms with Crippen LogP contribution in [-0.2, 0) is 19.1 Å². The van der Waals surface area contributed by atoms with E-state index in [1.807, 2.05) is 18.2 Å². The number of allylic oxidation sites excluding steroid dienone is 7. The molecule has 2 atom stereocenters. The van der Waals surface area contributed by atoms with Crippen LogP contribution in [0.2, 0.25) is 0 Å². The van der Waals surface area contributed by atoms with Crippen LogP contribution in [0.5, 0.6) is 0 Å². The van der Waals surface area contributed by atoms with Crippen LogP contribution in [0.1, 0.15) is 155 Å². The lowest BCUT2D eigenvalue weighted by Gasteiger charge is -2.15. The molecule has 0 unspecified atom stereocenters. The smallest absolute Gasteiger partial charge is 0.306 e. The van der Waals surface area contributed by atoms with Gasteiger partial charge in [-0.05, 0) is 38.5 Å². The number of carbonyl (C=O) groups excluding carboxylic acids is 2. The van der Waals surface area contributed by atoms with Crippen molar-refractivity contribution in [3.05, 3.63) is 48.6 Å². The van der Waals surface area contributed by atoms with Crippen LogP contribution in [-0.4, -0.2) is 47.6 Å². The van der Waals surface area contributed by atoms with E-state index < -0.39 is 6.10 Å². The minimum absolute atomic E-state index is 0.0992. The van der Waals surface area contributed by atoms with E-state index in [1.54, 1.807) is 0 Å². The van der Waals surface area contributed by atoms with Gasteiger partial charge in [0, 0.05) is 12.8 Å². The van der Waals surface area contributed by atoms with Crippen molar-refractivity contribution < 1.29 is 29.3 Å². The summed E-state index contributed by atoms with van der Waals surface area (Å²) in [6.07, 6.45) is 37.8. The van der Waals surface area contributed by atoms with E-state index in [0.717, 1.165) is 57.8 Å². The second-order valence-electron chi connectivity index (χ2n) is 11.8. The second kappa shape index (κ2) is 33.7. The van der Waals surface area contributed by atoms with Gasteiger partial charge in [-0.2, -0.15) is 0 Å². The molecular weight excluding hydrogens is 552 g/mol. The highest BCUT2D eigenvalue weighted by atomic mass is 16.6. The van der Waals surface area contributed by atoms with Crippen molar-refractivity contribution in [1.29, 1.82) is 0 Å². The fourth-order valence-corrected chi connectivity index (χ4v) is 4.71. The zero-order valence-electron chi connectivity index (χ0n) is 28.3. The van der Waals surface area contributed by atoms with Crippen LogP contribution in [0.25, 0.3) is 0 Å². The van der Waals surface area contributed by atoms with E-state index in [4.69, 9.17) is 9.47 Å². The van der Waals surface area contributed by atoms with Gasteiger partial charge in [0.25, 0.3) is 0 Å². The Hall–Kier alpha value is -2.18. The molecule has 0 rings (SSSR count). The predicted molar refractivity (Wildman–Crippen MR) is 183 cm³/mol. The Morgan fingerprint density at radius 3 is 1.82 bits per heavy atom. The number of rotatable bonds is 31. The van der Waals surface area contributed by atoms with Crippen molar-refractivity contribution >= 4 is 11.9 Å². The highest BCUT2D eigenvalue weighted by Crippen LogP contribution is 2.13. The summed E-state index contributed by atoms with van der Waals surface area (Å²) in [5.41, 5.74) is 0. The summed E-state index contributed by atoms with van der Waals surface area (Å²) in [7, 11) is 0. The quantitative estimate of drug-likeness (QED) is 0.0348. The summed E-state index contributed by atoms with van der Waals surface area (Å²) in [5, 5.41) is 19.3. The van der Waals surface area contributed by atoms with Gasteiger partial charge in [-0.3, -0.25) is 9.59 Å². The monoisotopic (exact) mass is 618 g/mol. The molecule has 6 heteroatoms. The van der Waals surface area contributed by atoms with Crippen molar-refractivity contribution in [3.8, 4) is 0 Å². The summed E-state index contributed by atoms with van der Waals surface area (Å²) in [6, 6.07) is 0. The van der Waals surface area contributed by atoms with E-state index in [1.165, 1.54) is 64.2 Å². The molecule has 0 heterocycles. The van der Waals surface area contributed by atoms with Gasteiger partial charge in [0.15, 0.2) is 6.10 Å². The average Bonchev–Trinajstić information content (AvgIpc) is 3.02. The van der Waals surface area contributed by atoms with E-state index in [2.05, 4.69) is 44.2 Å². The standard InChI is InChI=1S/C38H66O6/c1-3-5-7-8-9-10-11-14-17-20-23-27-31-37(41)43-34-36(33-39)44-38(42)32-28-24-21-18-15-12-13-16-19-22-26-30-35(40)29-25-6-4-2/h12-13,18-19,21-22,26,30,35-36,39-40H,3-11,14-17,20,23-25,27-29,31-34H2,1-2H3/b13-12-,21-18-,22-19-,30-26+/t35-,36-/m0/s1. The van der Waals surface area contributed by atoms with E-state index in [-0.39, 0.29) is 37.7 Å². The Bertz CT molecular complexity index is 769. The van der Waals surface area contributed by atoms with Crippen LogP contribution in [0.15, 0.2) is 48.6 Å². The molecule has 0 amide bonds. The molecular formula is C38H66O6. The minimum Gasteiger partial charge on any atom is -0.462 e. The normalized spacial score (nSPS) is 13.5. The molecule has 0 saturated heterocycles. The molecule has 2 N–H and O–H groups in total. The third-order valence-corrected chi connectivity index (χ3v) is 7.48. The maximum Gasteiger partial charge on any atom is 0.306 e. The average molecular weight is 619 g/mol. The lowest BCUT2D eigenvalue weighted by Crippen LogP contribution is -2.28. The van der Waals surface area contributed by atoms with Crippen LogP contribution < -0.4 is 0 Å². The van der Waals surface area contributed by atoms with Gasteiger partial charge in [0.1, 0.15) is 6.61 Å². The summed E-state index contributed by atoms with van der Waals surface area (Å²) >= 11 is 0. The van der Waals surface area contributed by atoms with Gasteiger partial charge in [-0.15, -0.1) is 0 Å². The first-order valence-electron chi connectivity index (χ1n) is 17.8. The topological polar surface area (TPSA) is 93.1 Å². The molecule has 0 aromatic carbocycles. The molecule has 0 spiro atoms. The molecule has 0 saturated carbocycles. The molecule has 0 bridgehead atoms. The number of ether oxygens (including phenoxy) is 2. The van der Waals surface area contributed by atoms with E-state index in [9.17, 15) is 19.8 Å². The van der Waals surface area contributed by atoms with Gasteiger partial charge in [-0.1, -0.05) is 152 Å². The van der Waals surface area contributed by atoms with Gasteiger partial charge in [0.05, 0.1) is 12.7 Å². The number of carbonyl (C=O) groups is 2. The predicted octanol–water partition coefficient (Wildman–Crippen LogP) is 9.64. The number of hydrogen-bond acceptors (Lipinski definition) is 6. The maximum absolute atomic E-state index is 12.1. The Balaban J connectivity index is 3.75. The molecule has 6 nitrogen and oxygen atoms in total. The number of hydrogen-bond donors (Lipinski definition) is 2. The first kappa shape index (κ1) is 41.8. The Morgan fingerprint density at radius 1 is 0.636 bits per heavy atom. The highest BCUT2D eigenvalue weighted by Gasteiger charge is 2.15. The number of unbranched alkanes of at least 4 members (excludes halogenated alkanes) is 14. The molecule has 0 aromatic rings. The third-order valence-electron chi connectivity index (χ3n) is 7.48. The fourth-order valence-electron chi connectivity index (χ4n) is 4.71. The van der Waals surface area contributed by atoms with Crippen molar-refractivity contribution in [2.45, 2.75) is 167 Å². The van der Waals surface area contributed by atoms with Gasteiger partial charge < -0.3 is 19.7 Å². The summed E-state index contributed by atoms with van der Waals surface area (Å²) in [4.78, 5) is 24.1. The van der Waals surface area contributed by atoms with E-state index in [0.29, 0.717) is 12.8 Å². The molecule has 0 radical (unpaired) electrons. The van der Waals surface area contributed by atoms with Crippen LogP contribution in [0, 0.1) is 0 Å². The molecule has 0 aliphatic carbocycles. The van der Waals surface area contributed by atoms with E-state index >= 15 is 0 Å². The summed E-state index contributed by atoms with van der Waals surface area (Å²) < 4.78 is 10.5. The number of esters is 2. The third kappa shape index (κ3) is 31.3. The molecule has 0 aromatic heterocycles. The van der Waals surface area contributed by atoms with Crippen molar-refractivity contribution in [2.75, 3.05) is 13.2 Å². The first-order chi connectivity index (χ1) is 21.5. The summed E-state index contributed by atoms with van der Waals surface area (Å²) in [5.74, 6) is -0.685. The summed E-state index contributed by atoms with van der Waals surface area (Å²) in [6.45, 7) is 3.94. The molecule has 0 fully saturated rings. The zero-order valence-corrected chi connectivity index (χ0v) is 28.3. The van der Waals surface area contributed by atoms with Crippen molar-refractivity contribution in [2.24, 2.45) is 0 Å². The van der Waals surface area contributed by atoms with Gasteiger partial charge in [-0.25, -0.2) is 0 Å². The minimum atomic E-state index is -0.811. The van der Waals surface area contributed by atoms with Crippen molar-refractivity contribution in [3.63, 3.8) is 0 Å². The number of aliphatic hydroxyl groups excluding tert-OH is 2. The first-order valence-corrected chi connectivity index (χ1v) is 17.8. The lowest BCUT2D eigenvalue weighted by molar-refractivity contribution is -0.161. The largest absolute Gasteiger partial charge is 0.462 e. The molecule has 0 aliphatic heterocycles. The Labute approximate surface area is 270 Å². The molecule has 0 aliphatic rings. The number of aliphatic hydroxyl groups is 2.